The molecular formula is C6H9NO3. The molecule has 0 heterocycles. The van der Waals surface area contributed by atoms with Gasteiger partial charge in [0.2, 0.25) is 5.91 Å². The molecule has 0 aromatic carbocycles. The minimum atomic E-state index is -0.513. The molecule has 0 saturated heterocycles. The number of carbonyl (C=O) groups is 2. The fourth-order valence-corrected chi connectivity index (χ4v) is 0.377. The molecule has 0 fully saturated rings. The first kappa shape index (κ1) is 8.68. The zero-order valence-corrected chi connectivity index (χ0v) is 5.50. The molecule has 4 nitrogen and oxygen atoms in total. The van der Waals surface area contributed by atoms with Crippen LogP contribution in [-0.2, 0) is 14.3 Å². The molecule has 1 amide bonds. The number of amides is 1. The lowest BCUT2D eigenvalue weighted by Gasteiger charge is -1.94. The van der Waals surface area contributed by atoms with E-state index in [0.717, 1.165) is 6.26 Å². The van der Waals surface area contributed by atoms with Crippen molar-refractivity contribution in [1.29, 1.82) is 0 Å². The van der Waals surface area contributed by atoms with Gasteiger partial charge >= 0.3 is 5.97 Å². The van der Waals surface area contributed by atoms with Gasteiger partial charge in [0, 0.05) is 6.42 Å². The fraction of sp³-hybridized carbons (Fsp3) is 0.333. The molecule has 0 radical (unpaired) electrons. The van der Waals surface area contributed by atoms with Gasteiger partial charge in [-0.3, -0.25) is 9.59 Å². The number of esters is 1. The van der Waals surface area contributed by atoms with Gasteiger partial charge in [-0.2, -0.15) is 0 Å². The Labute approximate surface area is 58.7 Å². The zero-order valence-electron chi connectivity index (χ0n) is 5.50. The maximum Gasteiger partial charge on any atom is 0.311 e. The molecule has 0 saturated carbocycles. The molecule has 10 heavy (non-hydrogen) atoms. The molecule has 0 aliphatic rings. The van der Waals surface area contributed by atoms with Crippen LogP contribution < -0.4 is 5.73 Å². The topological polar surface area (TPSA) is 69.4 Å². The molecule has 0 aromatic rings. The Morgan fingerprint density at radius 1 is 1.50 bits per heavy atom. The summed E-state index contributed by atoms with van der Waals surface area (Å²) in [4.78, 5) is 20.5. The predicted octanol–water partition coefficient (Wildman–Crippen LogP) is -0.0614. The van der Waals surface area contributed by atoms with Crippen LogP contribution in [0.1, 0.15) is 12.8 Å². The summed E-state index contributed by atoms with van der Waals surface area (Å²) in [6.07, 6.45) is 1.05. The first-order valence-corrected chi connectivity index (χ1v) is 2.75. The molecule has 0 aliphatic heterocycles. The van der Waals surface area contributed by atoms with Crippen LogP contribution in [-0.4, -0.2) is 11.9 Å². The Hall–Kier alpha value is -1.32. The number of carbonyl (C=O) groups excluding carboxylic acids is 2. The van der Waals surface area contributed by atoms with Crippen LogP contribution in [0.15, 0.2) is 12.8 Å². The summed E-state index contributed by atoms with van der Waals surface area (Å²) in [6, 6.07) is 0. The zero-order chi connectivity index (χ0) is 7.98. The summed E-state index contributed by atoms with van der Waals surface area (Å²) in [7, 11) is 0. The number of hydrogen-bond donors (Lipinski definition) is 1. The Morgan fingerprint density at radius 2 is 2.10 bits per heavy atom. The van der Waals surface area contributed by atoms with Crippen molar-refractivity contribution in [2.24, 2.45) is 5.73 Å². The first-order chi connectivity index (χ1) is 4.66. The van der Waals surface area contributed by atoms with E-state index in [-0.39, 0.29) is 12.8 Å². The first-order valence-electron chi connectivity index (χ1n) is 2.75. The maximum atomic E-state index is 10.4. The minimum absolute atomic E-state index is 0.0152. The lowest BCUT2D eigenvalue weighted by Crippen LogP contribution is -2.12. The van der Waals surface area contributed by atoms with Crippen molar-refractivity contribution in [3.8, 4) is 0 Å². The summed E-state index contributed by atoms with van der Waals surface area (Å²) >= 11 is 0. The van der Waals surface area contributed by atoms with Gasteiger partial charge in [0.05, 0.1) is 12.7 Å². The maximum absolute atomic E-state index is 10.4. The van der Waals surface area contributed by atoms with Crippen LogP contribution in [0.3, 0.4) is 0 Å². The smallest absolute Gasteiger partial charge is 0.311 e. The van der Waals surface area contributed by atoms with E-state index in [1.54, 1.807) is 0 Å². The third-order valence-corrected chi connectivity index (χ3v) is 0.790. The highest BCUT2D eigenvalue weighted by atomic mass is 16.5. The van der Waals surface area contributed by atoms with Gasteiger partial charge in [-0.25, -0.2) is 0 Å². The molecule has 4 heteroatoms. The summed E-state index contributed by atoms with van der Waals surface area (Å²) in [5, 5.41) is 0. The van der Waals surface area contributed by atoms with Crippen LogP contribution >= 0.6 is 0 Å². The molecule has 0 rings (SSSR count). The highest BCUT2D eigenvalue weighted by Gasteiger charge is 2.02. The minimum Gasteiger partial charge on any atom is -0.435 e. The van der Waals surface area contributed by atoms with Crippen molar-refractivity contribution in [1.82, 2.24) is 0 Å². The van der Waals surface area contributed by atoms with Crippen molar-refractivity contribution in [3.63, 3.8) is 0 Å². The number of hydrogen-bond acceptors (Lipinski definition) is 3. The van der Waals surface area contributed by atoms with E-state index in [4.69, 9.17) is 5.73 Å². The Bertz CT molecular complexity index is 153. The van der Waals surface area contributed by atoms with Gasteiger partial charge in [-0.15, -0.1) is 0 Å². The Morgan fingerprint density at radius 3 is 2.50 bits per heavy atom. The highest BCUT2D eigenvalue weighted by Crippen LogP contribution is 1.90. The van der Waals surface area contributed by atoms with Crippen molar-refractivity contribution >= 4 is 11.9 Å². The summed E-state index contributed by atoms with van der Waals surface area (Å²) < 4.78 is 4.31. The quantitative estimate of drug-likeness (QED) is 0.442. The average molecular weight is 143 g/mol. The van der Waals surface area contributed by atoms with Gasteiger partial charge in [-0.05, 0) is 0 Å². The van der Waals surface area contributed by atoms with Crippen LogP contribution in [0.25, 0.3) is 0 Å². The standard InChI is InChI=1S/C6H9NO3/c1-2-10-6(9)4-3-5(7)8/h2H,1,3-4H2,(H2,7,8). The summed E-state index contributed by atoms with van der Waals surface area (Å²) in [5.41, 5.74) is 4.76. The summed E-state index contributed by atoms with van der Waals surface area (Å²) in [6.45, 7) is 3.17. The molecule has 0 bridgehead atoms. The second-order valence-electron chi connectivity index (χ2n) is 1.62. The molecule has 0 aliphatic carbocycles. The fourth-order valence-electron chi connectivity index (χ4n) is 0.377. The normalized spacial score (nSPS) is 8.40. The lowest BCUT2D eigenvalue weighted by atomic mass is 10.3. The van der Waals surface area contributed by atoms with Crippen LogP contribution in [0, 0.1) is 0 Å². The van der Waals surface area contributed by atoms with Crippen molar-refractivity contribution in [2.45, 2.75) is 12.8 Å². The number of ether oxygens (including phenoxy) is 1. The number of rotatable bonds is 4. The second-order valence-corrected chi connectivity index (χ2v) is 1.62. The van der Waals surface area contributed by atoms with Crippen molar-refractivity contribution in [3.05, 3.63) is 12.8 Å². The van der Waals surface area contributed by atoms with E-state index in [1.165, 1.54) is 0 Å². The lowest BCUT2D eigenvalue weighted by molar-refractivity contribution is -0.139. The monoisotopic (exact) mass is 143 g/mol. The highest BCUT2D eigenvalue weighted by molar-refractivity contribution is 5.80. The van der Waals surface area contributed by atoms with E-state index < -0.39 is 11.9 Å². The van der Waals surface area contributed by atoms with Crippen LogP contribution in [0.2, 0.25) is 0 Å². The number of primary amides is 1. The van der Waals surface area contributed by atoms with E-state index in [2.05, 4.69) is 11.3 Å². The van der Waals surface area contributed by atoms with Crippen molar-refractivity contribution < 1.29 is 14.3 Å². The number of nitrogens with two attached hydrogens (primary N) is 1. The van der Waals surface area contributed by atoms with Gasteiger partial charge in [0.25, 0.3) is 0 Å². The SMILES string of the molecule is C=COC(=O)CCC(N)=O. The van der Waals surface area contributed by atoms with Gasteiger partial charge in [0.15, 0.2) is 0 Å². The van der Waals surface area contributed by atoms with Crippen LogP contribution in [0.5, 0.6) is 0 Å². The predicted molar refractivity (Wildman–Crippen MR) is 34.7 cm³/mol. The van der Waals surface area contributed by atoms with Gasteiger partial charge in [-0.1, -0.05) is 6.58 Å². The van der Waals surface area contributed by atoms with E-state index in [1.807, 2.05) is 0 Å². The van der Waals surface area contributed by atoms with Gasteiger partial charge < -0.3 is 10.5 Å². The van der Waals surface area contributed by atoms with Crippen molar-refractivity contribution in [2.75, 3.05) is 0 Å². The van der Waals surface area contributed by atoms with E-state index in [9.17, 15) is 9.59 Å². The Kier molecular flexibility index (Phi) is 3.95. The molecule has 0 atom stereocenters. The molecule has 2 N–H and O–H groups in total. The average Bonchev–Trinajstić information content (AvgIpc) is 1.85. The van der Waals surface area contributed by atoms with Gasteiger partial charge in [0.1, 0.15) is 0 Å². The molecular weight excluding hydrogens is 134 g/mol. The van der Waals surface area contributed by atoms with E-state index >= 15 is 0 Å². The summed E-state index contributed by atoms with van der Waals surface area (Å²) in [5.74, 6) is -1.00. The third-order valence-electron chi connectivity index (χ3n) is 0.790. The van der Waals surface area contributed by atoms with Crippen LogP contribution in [0.4, 0.5) is 0 Å². The third kappa shape index (κ3) is 4.83. The second kappa shape index (κ2) is 4.55. The largest absolute Gasteiger partial charge is 0.435 e. The van der Waals surface area contributed by atoms with E-state index in [0.29, 0.717) is 0 Å². The molecule has 56 valence electrons. The molecule has 0 aromatic heterocycles. The molecule has 0 unspecified atom stereocenters. The Balaban J connectivity index is 3.39. The molecule has 0 spiro atoms.